The summed E-state index contributed by atoms with van der Waals surface area (Å²) in [4.78, 5) is 8.46. The highest BCUT2D eigenvalue weighted by molar-refractivity contribution is 6.31. The first kappa shape index (κ1) is 15.1. The molecule has 0 saturated carbocycles. The molecule has 1 aliphatic rings. The van der Waals surface area contributed by atoms with Crippen LogP contribution in [0.2, 0.25) is 5.02 Å². The second kappa shape index (κ2) is 6.94. The molecule has 1 fully saturated rings. The summed E-state index contributed by atoms with van der Waals surface area (Å²) in [6.07, 6.45) is 4.06. The Bertz CT molecular complexity index is 644. The van der Waals surface area contributed by atoms with E-state index in [4.69, 9.17) is 16.3 Å². The number of ether oxygens (including phenoxy) is 1. The van der Waals surface area contributed by atoms with Gasteiger partial charge in [-0.3, -0.25) is 0 Å². The van der Waals surface area contributed by atoms with Gasteiger partial charge < -0.3 is 15.4 Å². The third-order valence-corrected chi connectivity index (χ3v) is 4.05. The lowest BCUT2D eigenvalue weighted by molar-refractivity contribution is 0.120. The minimum absolute atomic E-state index is 0.280. The minimum atomic E-state index is 0.280. The van der Waals surface area contributed by atoms with Crippen molar-refractivity contribution in [3.05, 3.63) is 41.2 Å². The molecule has 2 aromatic rings. The summed E-state index contributed by atoms with van der Waals surface area (Å²) in [5, 5.41) is 7.26. The number of nitrogens with zero attached hydrogens (tertiary/aromatic N) is 2. The molecular weight excluding hydrogens is 300 g/mol. The van der Waals surface area contributed by atoms with Crippen molar-refractivity contribution in [1.82, 2.24) is 9.97 Å². The molecule has 5 nitrogen and oxygen atoms in total. The van der Waals surface area contributed by atoms with Crippen molar-refractivity contribution in [3.8, 4) is 0 Å². The Kier molecular flexibility index (Phi) is 4.75. The molecule has 6 heteroatoms. The third kappa shape index (κ3) is 3.87. The van der Waals surface area contributed by atoms with E-state index in [9.17, 15) is 0 Å². The lowest BCUT2D eigenvalue weighted by Crippen LogP contribution is -2.19. The maximum absolute atomic E-state index is 6.13. The molecule has 2 heterocycles. The van der Waals surface area contributed by atoms with Crippen molar-refractivity contribution in [1.29, 1.82) is 0 Å². The zero-order valence-electron chi connectivity index (χ0n) is 12.5. The number of aryl methyl sites for hydroxylation is 1. The highest BCUT2D eigenvalue weighted by atomic mass is 35.5. The van der Waals surface area contributed by atoms with Gasteiger partial charge in [-0.2, -0.15) is 0 Å². The fourth-order valence-electron chi connectivity index (χ4n) is 2.36. The fraction of sp³-hybridized carbons (Fsp3) is 0.375. The Balaban J connectivity index is 1.63. The molecule has 0 aliphatic carbocycles. The van der Waals surface area contributed by atoms with Crippen LogP contribution in [0.3, 0.4) is 0 Å². The van der Waals surface area contributed by atoms with E-state index in [1.807, 2.05) is 31.2 Å². The van der Waals surface area contributed by atoms with Gasteiger partial charge in [0, 0.05) is 29.9 Å². The SMILES string of the molecule is Cc1ccc(Nc2cc(NCC3CCCO3)ncn2)cc1Cl. The van der Waals surface area contributed by atoms with Gasteiger partial charge in [0.1, 0.15) is 18.0 Å². The Morgan fingerprint density at radius 3 is 2.91 bits per heavy atom. The van der Waals surface area contributed by atoms with Crippen molar-refractivity contribution in [2.45, 2.75) is 25.9 Å². The average molecular weight is 319 g/mol. The maximum atomic E-state index is 6.13. The van der Waals surface area contributed by atoms with Crippen LogP contribution in [0.5, 0.6) is 0 Å². The van der Waals surface area contributed by atoms with Gasteiger partial charge in [-0.05, 0) is 37.5 Å². The first-order valence-electron chi connectivity index (χ1n) is 7.41. The highest BCUT2D eigenvalue weighted by Crippen LogP contribution is 2.23. The number of benzene rings is 1. The molecule has 1 aliphatic heterocycles. The highest BCUT2D eigenvalue weighted by Gasteiger charge is 2.15. The molecule has 2 N–H and O–H groups in total. The average Bonchev–Trinajstić information content (AvgIpc) is 3.03. The van der Waals surface area contributed by atoms with Gasteiger partial charge in [-0.25, -0.2) is 9.97 Å². The Labute approximate surface area is 135 Å². The molecule has 1 unspecified atom stereocenters. The van der Waals surface area contributed by atoms with Crippen LogP contribution < -0.4 is 10.6 Å². The van der Waals surface area contributed by atoms with E-state index in [2.05, 4.69) is 20.6 Å². The summed E-state index contributed by atoms with van der Waals surface area (Å²) in [5.41, 5.74) is 1.95. The Morgan fingerprint density at radius 2 is 2.14 bits per heavy atom. The summed E-state index contributed by atoms with van der Waals surface area (Å²) in [5.74, 6) is 1.51. The van der Waals surface area contributed by atoms with Crippen LogP contribution >= 0.6 is 11.6 Å². The summed E-state index contributed by atoms with van der Waals surface area (Å²) in [6.45, 7) is 3.61. The van der Waals surface area contributed by atoms with Crippen molar-refractivity contribution in [2.75, 3.05) is 23.8 Å². The molecule has 1 atom stereocenters. The van der Waals surface area contributed by atoms with Gasteiger partial charge in [-0.15, -0.1) is 0 Å². The van der Waals surface area contributed by atoms with Crippen LogP contribution in [0, 0.1) is 6.92 Å². The van der Waals surface area contributed by atoms with Crippen LogP contribution in [-0.2, 0) is 4.74 Å². The molecule has 0 bridgehead atoms. The number of aromatic nitrogens is 2. The van der Waals surface area contributed by atoms with E-state index in [1.165, 1.54) is 6.33 Å². The lowest BCUT2D eigenvalue weighted by atomic mass is 10.2. The molecular formula is C16H19ClN4O. The number of hydrogen-bond acceptors (Lipinski definition) is 5. The van der Waals surface area contributed by atoms with E-state index in [0.717, 1.165) is 53.9 Å². The fourth-order valence-corrected chi connectivity index (χ4v) is 2.55. The number of nitrogens with one attached hydrogen (secondary N) is 2. The second-order valence-corrected chi connectivity index (χ2v) is 5.80. The maximum Gasteiger partial charge on any atom is 0.135 e. The van der Waals surface area contributed by atoms with Gasteiger partial charge in [-0.1, -0.05) is 17.7 Å². The smallest absolute Gasteiger partial charge is 0.135 e. The Hall–Kier alpha value is -1.85. The van der Waals surface area contributed by atoms with Crippen LogP contribution in [0.4, 0.5) is 17.3 Å². The van der Waals surface area contributed by atoms with Crippen molar-refractivity contribution < 1.29 is 4.74 Å². The largest absolute Gasteiger partial charge is 0.376 e. The van der Waals surface area contributed by atoms with Gasteiger partial charge in [0.05, 0.1) is 6.10 Å². The molecule has 0 spiro atoms. The van der Waals surface area contributed by atoms with Gasteiger partial charge in [0.2, 0.25) is 0 Å². The van der Waals surface area contributed by atoms with E-state index in [0.29, 0.717) is 0 Å². The summed E-state index contributed by atoms with van der Waals surface area (Å²) in [7, 11) is 0. The molecule has 1 aromatic heterocycles. The van der Waals surface area contributed by atoms with Gasteiger partial charge in [0.15, 0.2) is 0 Å². The number of anilines is 3. The van der Waals surface area contributed by atoms with Crippen molar-refractivity contribution in [2.24, 2.45) is 0 Å². The topological polar surface area (TPSA) is 59.1 Å². The van der Waals surface area contributed by atoms with Gasteiger partial charge in [0.25, 0.3) is 0 Å². The van der Waals surface area contributed by atoms with E-state index < -0.39 is 0 Å². The number of hydrogen-bond donors (Lipinski definition) is 2. The van der Waals surface area contributed by atoms with E-state index in [-0.39, 0.29) is 6.10 Å². The predicted molar refractivity (Wildman–Crippen MR) is 89.0 cm³/mol. The molecule has 116 valence electrons. The molecule has 0 radical (unpaired) electrons. The number of halogens is 1. The molecule has 0 amide bonds. The van der Waals surface area contributed by atoms with Crippen LogP contribution in [0.25, 0.3) is 0 Å². The van der Waals surface area contributed by atoms with E-state index >= 15 is 0 Å². The summed E-state index contributed by atoms with van der Waals surface area (Å²) >= 11 is 6.13. The lowest BCUT2D eigenvalue weighted by Gasteiger charge is -2.12. The zero-order valence-corrected chi connectivity index (χ0v) is 13.2. The third-order valence-electron chi connectivity index (χ3n) is 3.65. The predicted octanol–water partition coefficient (Wildman–Crippen LogP) is 3.77. The first-order chi connectivity index (χ1) is 10.7. The zero-order chi connectivity index (χ0) is 15.4. The van der Waals surface area contributed by atoms with Crippen LogP contribution in [0.1, 0.15) is 18.4 Å². The Morgan fingerprint density at radius 1 is 1.27 bits per heavy atom. The van der Waals surface area contributed by atoms with Crippen LogP contribution in [0.15, 0.2) is 30.6 Å². The van der Waals surface area contributed by atoms with Crippen molar-refractivity contribution >= 4 is 28.9 Å². The summed E-state index contributed by atoms with van der Waals surface area (Å²) < 4.78 is 5.59. The van der Waals surface area contributed by atoms with E-state index in [1.54, 1.807) is 0 Å². The minimum Gasteiger partial charge on any atom is -0.376 e. The molecule has 1 aromatic carbocycles. The van der Waals surface area contributed by atoms with Crippen LogP contribution in [-0.4, -0.2) is 29.2 Å². The molecule has 22 heavy (non-hydrogen) atoms. The first-order valence-corrected chi connectivity index (χ1v) is 7.79. The quantitative estimate of drug-likeness (QED) is 0.878. The normalized spacial score (nSPS) is 17.5. The second-order valence-electron chi connectivity index (χ2n) is 5.39. The number of rotatable bonds is 5. The monoisotopic (exact) mass is 318 g/mol. The molecule has 3 rings (SSSR count). The summed E-state index contributed by atoms with van der Waals surface area (Å²) in [6, 6.07) is 7.71. The van der Waals surface area contributed by atoms with Gasteiger partial charge >= 0.3 is 0 Å². The molecule has 1 saturated heterocycles. The van der Waals surface area contributed by atoms with Crippen molar-refractivity contribution in [3.63, 3.8) is 0 Å². The standard InChI is InChI=1S/C16H19ClN4O/c1-11-4-5-12(7-14(11)17)21-16-8-15(19-10-20-16)18-9-13-3-2-6-22-13/h4-5,7-8,10,13H,2-3,6,9H2,1H3,(H2,18,19,20,21).